The van der Waals surface area contributed by atoms with Crippen molar-refractivity contribution >= 4 is 15.8 Å². The van der Waals surface area contributed by atoms with Crippen molar-refractivity contribution < 1.29 is 8.42 Å². The summed E-state index contributed by atoms with van der Waals surface area (Å²) in [6.45, 7) is 13.8. The zero-order chi connectivity index (χ0) is 17.0. The van der Waals surface area contributed by atoms with Crippen LogP contribution in [0.1, 0.15) is 33.6 Å². The van der Waals surface area contributed by atoms with Crippen LogP contribution in [-0.4, -0.2) is 57.0 Å². The Bertz CT molecular complexity index is 546. The fraction of sp³-hybridized carbons (Fsp3) is 0.824. The molecule has 0 aromatic rings. The SMILES string of the molecule is C=C(C)CN=C(NCC1CCS(=O)(=O)C1)N1CC(C)CC(C)C1. The lowest BCUT2D eigenvalue weighted by Gasteiger charge is -2.37. The van der Waals surface area contributed by atoms with E-state index in [1.807, 2.05) is 6.92 Å². The van der Waals surface area contributed by atoms with Gasteiger partial charge in [-0.25, -0.2) is 13.4 Å². The highest BCUT2D eigenvalue weighted by molar-refractivity contribution is 7.91. The van der Waals surface area contributed by atoms with E-state index in [1.54, 1.807) is 0 Å². The van der Waals surface area contributed by atoms with Gasteiger partial charge in [-0.3, -0.25) is 0 Å². The van der Waals surface area contributed by atoms with Gasteiger partial charge < -0.3 is 10.2 Å². The summed E-state index contributed by atoms with van der Waals surface area (Å²) in [6.07, 6.45) is 2.01. The van der Waals surface area contributed by atoms with Gasteiger partial charge in [0, 0.05) is 19.6 Å². The smallest absolute Gasteiger partial charge is 0.194 e. The highest BCUT2D eigenvalue weighted by Crippen LogP contribution is 2.21. The molecular weight excluding hydrogens is 310 g/mol. The molecule has 3 atom stereocenters. The summed E-state index contributed by atoms with van der Waals surface area (Å²) in [7, 11) is -2.82. The molecule has 0 aliphatic carbocycles. The highest BCUT2D eigenvalue weighted by atomic mass is 32.2. The van der Waals surface area contributed by atoms with Crippen LogP contribution in [0.4, 0.5) is 0 Å². The van der Waals surface area contributed by atoms with Crippen molar-refractivity contribution in [2.24, 2.45) is 22.7 Å². The van der Waals surface area contributed by atoms with Gasteiger partial charge in [0.1, 0.15) is 0 Å². The van der Waals surface area contributed by atoms with Gasteiger partial charge in [-0.1, -0.05) is 26.0 Å². The second-order valence-electron chi connectivity index (χ2n) is 7.60. The fourth-order valence-electron chi connectivity index (χ4n) is 3.58. The van der Waals surface area contributed by atoms with Crippen LogP contribution in [0.5, 0.6) is 0 Å². The van der Waals surface area contributed by atoms with Gasteiger partial charge in [0.05, 0.1) is 18.1 Å². The summed E-state index contributed by atoms with van der Waals surface area (Å²) in [5.41, 5.74) is 1.03. The summed E-state index contributed by atoms with van der Waals surface area (Å²) in [5, 5.41) is 3.44. The van der Waals surface area contributed by atoms with E-state index in [1.165, 1.54) is 6.42 Å². The summed E-state index contributed by atoms with van der Waals surface area (Å²) < 4.78 is 23.2. The number of nitrogens with one attached hydrogen (secondary N) is 1. The van der Waals surface area contributed by atoms with Crippen molar-refractivity contribution in [3.05, 3.63) is 12.2 Å². The van der Waals surface area contributed by atoms with E-state index in [9.17, 15) is 8.42 Å². The lowest BCUT2D eigenvalue weighted by molar-refractivity contribution is 0.208. The molecule has 0 radical (unpaired) electrons. The molecule has 5 nitrogen and oxygen atoms in total. The first kappa shape index (κ1) is 18.3. The van der Waals surface area contributed by atoms with Crippen LogP contribution in [0.25, 0.3) is 0 Å². The quantitative estimate of drug-likeness (QED) is 0.482. The number of likely N-dealkylation sites (tertiary alicyclic amines) is 1. The van der Waals surface area contributed by atoms with E-state index in [0.29, 0.717) is 36.4 Å². The molecule has 6 heteroatoms. The molecule has 3 unspecified atom stereocenters. The van der Waals surface area contributed by atoms with Crippen molar-refractivity contribution in [2.45, 2.75) is 33.6 Å². The Morgan fingerprint density at radius 2 is 1.96 bits per heavy atom. The predicted octanol–water partition coefficient (Wildman–Crippen LogP) is 1.92. The van der Waals surface area contributed by atoms with Crippen molar-refractivity contribution in [1.82, 2.24) is 10.2 Å². The number of nitrogens with zero attached hydrogens (tertiary/aromatic N) is 2. The maximum absolute atomic E-state index is 11.6. The zero-order valence-corrected chi connectivity index (χ0v) is 15.5. The topological polar surface area (TPSA) is 61.8 Å². The molecule has 1 N–H and O–H groups in total. The van der Waals surface area contributed by atoms with Crippen molar-refractivity contribution in [3.63, 3.8) is 0 Å². The third-order valence-corrected chi connectivity index (χ3v) is 6.38. The van der Waals surface area contributed by atoms with Crippen LogP contribution in [0, 0.1) is 17.8 Å². The second kappa shape index (κ2) is 7.69. The minimum absolute atomic E-state index is 0.203. The average Bonchev–Trinajstić information content (AvgIpc) is 2.77. The van der Waals surface area contributed by atoms with Crippen LogP contribution < -0.4 is 5.32 Å². The monoisotopic (exact) mass is 341 g/mol. The van der Waals surface area contributed by atoms with Gasteiger partial charge in [0.2, 0.25) is 0 Å². The minimum atomic E-state index is -2.82. The van der Waals surface area contributed by atoms with E-state index < -0.39 is 9.84 Å². The molecule has 23 heavy (non-hydrogen) atoms. The van der Waals surface area contributed by atoms with E-state index in [4.69, 9.17) is 4.99 Å². The van der Waals surface area contributed by atoms with E-state index in [-0.39, 0.29) is 5.92 Å². The van der Waals surface area contributed by atoms with Gasteiger partial charge >= 0.3 is 0 Å². The third kappa shape index (κ3) is 5.83. The standard InChI is InChI=1S/C17H31N3O2S/c1-13(2)8-18-17(20-10-14(3)7-15(4)11-20)19-9-16-5-6-23(21,22)12-16/h14-16H,1,5-12H2,2-4H3,(H,18,19). The summed E-state index contributed by atoms with van der Waals surface area (Å²) >= 11 is 0. The number of rotatable bonds is 4. The number of aliphatic imine (C=N–C) groups is 1. The van der Waals surface area contributed by atoms with Crippen molar-refractivity contribution in [2.75, 3.05) is 37.7 Å². The van der Waals surface area contributed by atoms with Crippen LogP contribution in [0.3, 0.4) is 0 Å². The van der Waals surface area contributed by atoms with Gasteiger partial charge in [0.25, 0.3) is 0 Å². The average molecular weight is 342 g/mol. The molecule has 0 saturated carbocycles. The Morgan fingerprint density at radius 3 is 2.48 bits per heavy atom. The number of sulfone groups is 1. The van der Waals surface area contributed by atoms with Crippen LogP contribution >= 0.6 is 0 Å². The molecule has 0 amide bonds. The highest BCUT2D eigenvalue weighted by Gasteiger charge is 2.29. The summed E-state index contributed by atoms with van der Waals surface area (Å²) in [4.78, 5) is 7.02. The Morgan fingerprint density at radius 1 is 1.30 bits per heavy atom. The first-order valence-electron chi connectivity index (χ1n) is 8.63. The largest absolute Gasteiger partial charge is 0.356 e. The van der Waals surface area contributed by atoms with Gasteiger partial charge in [-0.2, -0.15) is 0 Å². The number of hydrogen-bond donors (Lipinski definition) is 1. The Kier molecular flexibility index (Phi) is 6.12. The molecule has 2 aliphatic heterocycles. The molecule has 2 fully saturated rings. The Balaban J connectivity index is 1.99. The normalized spacial score (nSPS) is 31.2. The van der Waals surface area contributed by atoms with Crippen LogP contribution in [0.2, 0.25) is 0 Å². The predicted molar refractivity (Wildman–Crippen MR) is 96.4 cm³/mol. The molecular formula is C17H31N3O2S. The molecule has 0 bridgehead atoms. The number of guanidine groups is 1. The Hall–Kier alpha value is -1.04. The molecule has 0 aromatic carbocycles. The molecule has 2 heterocycles. The van der Waals surface area contributed by atoms with Crippen molar-refractivity contribution in [1.29, 1.82) is 0 Å². The molecule has 132 valence electrons. The molecule has 2 rings (SSSR count). The zero-order valence-electron chi connectivity index (χ0n) is 14.7. The van der Waals surface area contributed by atoms with E-state index >= 15 is 0 Å². The van der Waals surface area contributed by atoms with E-state index in [0.717, 1.165) is 31.0 Å². The second-order valence-corrected chi connectivity index (χ2v) is 9.83. The molecule has 2 saturated heterocycles. The lowest BCUT2D eigenvalue weighted by Crippen LogP contribution is -2.49. The van der Waals surface area contributed by atoms with E-state index in [2.05, 4.69) is 30.6 Å². The molecule has 0 spiro atoms. The summed E-state index contributed by atoms with van der Waals surface area (Å²) in [5.74, 6) is 3.06. The third-order valence-electron chi connectivity index (χ3n) is 4.54. The first-order valence-corrected chi connectivity index (χ1v) is 10.5. The van der Waals surface area contributed by atoms with Crippen molar-refractivity contribution in [3.8, 4) is 0 Å². The first-order chi connectivity index (χ1) is 10.7. The van der Waals surface area contributed by atoms with Gasteiger partial charge in [-0.15, -0.1) is 0 Å². The van der Waals surface area contributed by atoms with Crippen LogP contribution in [-0.2, 0) is 9.84 Å². The maximum Gasteiger partial charge on any atom is 0.194 e. The van der Waals surface area contributed by atoms with Crippen LogP contribution in [0.15, 0.2) is 17.1 Å². The lowest BCUT2D eigenvalue weighted by atomic mass is 9.92. The molecule has 0 aromatic heterocycles. The number of hydrogen-bond acceptors (Lipinski definition) is 3. The maximum atomic E-state index is 11.6. The summed E-state index contributed by atoms with van der Waals surface area (Å²) in [6, 6.07) is 0. The number of piperidine rings is 1. The fourth-order valence-corrected chi connectivity index (χ4v) is 5.44. The minimum Gasteiger partial charge on any atom is -0.356 e. The van der Waals surface area contributed by atoms with Gasteiger partial charge in [-0.05, 0) is 37.5 Å². The van der Waals surface area contributed by atoms with Gasteiger partial charge in [0.15, 0.2) is 15.8 Å². The molecule has 2 aliphatic rings. The Labute approximate surface area is 141 Å².